The molecule has 2 aromatic rings. The van der Waals surface area contributed by atoms with Crippen LogP contribution < -0.4 is 14.8 Å². The molecule has 5 heteroatoms. The van der Waals surface area contributed by atoms with Crippen molar-refractivity contribution >= 4 is 11.6 Å². The highest BCUT2D eigenvalue weighted by Crippen LogP contribution is 2.20. The molecule has 0 atom stereocenters. The van der Waals surface area contributed by atoms with Crippen molar-refractivity contribution < 1.29 is 18.7 Å². The van der Waals surface area contributed by atoms with Gasteiger partial charge >= 0.3 is 0 Å². The minimum atomic E-state index is -0.518. The summed E-state index contributed by atoms with van der Waals surface area (Å²) in [6.45, 7) is 0.258. The predicted octanol–water partition coefficient (Wildman–Crippen LogP) is 3.24. The third kappa shape index (κ3) is 4.49. The minimum absolute atomic E-state index is 0.139. The Labute approximate surface area is 122 Å². The summed E-state index contributed by atoms with van der Waals surface area (Å²) in [4.78, 5) is 11.7. The number of hydrogen-bond donors (Lipinski definition) is 1. The Bertz CT molecular complexity index is 602. The second-order valence-electron chi connectivity index (χ2n) is 4.31. The van der Waals surface area contributed by atoms with Gasteiger partial charge in [0.25, 0.3) is 0 Å². The minimum Gasteiger partial charge on any atom is -0.494 e. The summed E-state index contributed by atoms with van der Waals surface area (Å²) in [7, 11) is 1.39. The first kappa shape index (κ1) is 14.8. The summed E-state index contributed by atoms with van der Waals surface area (Å²) in [6.07, 6.45) is 0.183. The standard InChI is InChI=1S/C16H16FNO3/c1-20-15-8-7-12(11-14(15)17)18-16(19)9-10-21-13-5-3-2-4-6-13/h2-8,11H,9-10H2,1H3,(H,18,19). The van der Waals surface area contributed by atoms with E-state index in [4.69, 9.17) is 9.47 Å². The first-order chi connectivity index (χ1) is 10.2. The molecule has 0 saturated heterocycles. The lowest BCUT2D eigenvalue weighted by Gasteiger charge is -2.08. The van der Waals surface area contributed by atoms with Crippen LogP contribution in [0.15, 0.2) is 48.5 Å². The number of hydrogen-bond acceptors (Lipinski definition) is 3. The number of nitrogens with one attached hydrogen (secondary N) is 1. The largest absolute Gasteiger partial charge is 0.494 e. The number of methoxy groups -OCH3 is 1. The molecule has 0 aromatic heterocycles. The monoisotopic (exact) mass is 289 g/mol. The van der Waals surface area contributed by atoms with Crippen LogP contribution in [-0.4, -0.2) is 19.6 Å². The van der Waals surface area contributed by atoms with Gasteiger partial charge in [0.15, 0.2) is 11.6 Å². The van der Waals surface area contributed by atoms with Gasteiger partial charge in [0.2, 0.25) is 5.91 Å². The number of para-hydroxylation sites is 1. The lowest BCUT2D eigenvalue weighted by Crippen LogP contribution is -2.15. The molecule has 0 aliphatic rings. The van der Waals surface area contributed by atoms with Gasteiger partial charge in [-0.3, -0.25) is 4.79 Å². The van der Waals surface area contributed by atoms with Crippen molar-refractivity contribution in [2.45, 2.75) is 6.42 Å². The van der Waals surface area contributed by atoms with Crippen LogP contribution in [0.5, 0.6) is 11.5 Å². The fourth-order valence-electron chi connectivity index (χ4n) is 1.75. The van der Waals surface area contributed by atoms with E-state index in [1.54, 1.807) is 6.07 Å². The molecule has 2 rings (SSSR count). The van der Waals surface area contributed by atoms with E-state index in [9.17, 15) is 9.18 Å². The smallest absolute Gasteiger partial charge is 0.227 e. The van der Waals surface area contributed by atoms with E-state index >= 15 is 0 Å². The van der Waals surface area contributed by atoms with Gasteiger partial charge in [-0.2, -0.15) is 0 Å². The summed E-state index contributed by atoms with van der Waals surface area (Å²) in [6, 6.07) is 13.5. The lowest BCUT2D eigenvalue weighted by molar-refractivity contribution is -0.116. The van der Waals surface area contributed by atoms with Gasteiger partial charge in [-0.25, -0.2) is 4.39 Å². The third-order valence-corrected chi connectivity index (χ3v) is 2.78. The molecule has 0 unspecified atom stereocenters. The molecule has 0 saturated carbocycles. The molecule has 0 heterocycles. The normalized spacial score (nSPS) is 10.0. The maximum atomic E-state index is 13.5. The first-order valence-electron chi connectivity index (χ1n) is 6.50. The molecular weight excluding hydrogens is 273 g/mol. The summed E-state index contributed by atoms with van der Waals surface area (Å²) in [5, 5.41) is 2.61. The number of amides is 1. The van der Waals surface area contributed by atoms with Gasteiger partial charge in [0, 0.05) is 11.8 Å². The van der Waals surface area contributed by atoms with E-state index in [0.29, 0.717) is 11.4 Å². The van der Waals surface area contributed by atoms with Crippen molar-refractivity contribution in [3.63, 3.8) is 0 Å². The number of ether oxygens (including phenoxy) is 2. The third-order valence-electron chi connectivity index (χ3n) is 2.78. The van der Waals surface area contributed by atoms with Crippen molar-refractivity contribution in [1.29, 1.82) is 0 Å². The van der Waals surface area contributed by atoms with E-state index in [1.165, 1.54) is 19.2 Å². The zero-order chi connectivity index (χ0) is 15.1. The number of carbonyl (C=O) groups excluding carboxylic acids is 1. The topological polar surface area (TPSA) is 47.6 Å². The number of anilines is 1. The predicted molar refractivity (Wildman–Crippen MR) is 78.1 cm³/mol. The molecule has 2 aromatic carbocycles. The Hall–Kier alpha value is -2.56. The molecule has 0 aliphatic heterocycles. The van der Waals surface area contributed by atoms with Gasteiger partial charge in [0.05, 0.1) is 20.1 Å². The lowest BCUT2D eigenvalue weighted by atomic mass is 10.2. The zero-order valence-electron chi connectivity index (χ0n) is 11.6. The van der Waals surface area contributed by atoms with E-state index in [0.717, 1.165) is 0 Å². The second-order valence-corrected chi connectivity index (χ2v) is 4.31. The Balaban J connectivity index is 1.80. The molecule has 0 fully saturated rings. The first-order valence-corrected chi connectivity index (χ1v) is 6.50. The van der Waals surface area contributed by atoms with Crippen LogP contribution in [-0.2, 0) is 4.79 Å². The van der Waals surface area contributed by atoms with E-state index in [1.807, 2.05) is 30.3 Å². The maximum absolute atomic E-state index is 13.5. The van der Waals surface area contributed by atoms with Crippen LogP contribution in [0, 0.1) is 5.82 Å². The van der Waals surface area contributed by atoms with Gasteiger partial charge in [0.1, 0.15) is 5.75 Å². The molecule has 1 N–H and O–H groups in total. The van der Waals surface area contributed by atoms with Crippen molar-refractivity contribution in [2.75, 3.05) is 19.0 Å². The summed E-state index contributed by atoms with van der Waals surface area (Å²) in [5.41, 5.74) is 0.387. The zero-order valence-corrected chi connectivity index (χ0v) is 11.6. The van der Waals surface area contributed by atoms with Crippen LogP contribution >= 0.6 is 0 Å². The van der Waals surface area contributed by atoms with Gasteiger partial charge < -0.3 is 14.8 Å². The molecule has 0 bridgehead atoms. The number of rotatable bonds is 6. The van der Waals surface area contributed by atoms with Crippen molar-refractivity contribution in [1.82, 2.24) is 0 Å². The van der Waals surface area contributed by atoms with E-state index in [-0.39, 0.29) is 24.7 Å². The Morgan fingerprint density at radius 3 is 2.62 bits per heavy atom. The Kier molecular flexibility index (Phi) is 5.15. The van der Waals surface area contributed by atoms with Crippen LogP contribution in [0.1, 0.15) is 6.42 Å². The molecule has 110 valence electrons. The number of halogens is 1. The fraction of sp³-hybridized carbons (Fsp3) is 0.188. The van der Waals surface area contributed by atoms with Crippen molar-refractivity contribution in [2.24, 2.45) is 0 Å². The van der Waals surface area contributed by atoms with Crippen LogP contribution in [0.2, 0.25) is 0 Å². The molecule has 1 amide bonds. The molecule has 0 radical (unpaired) electrons. The molecule has 0 spiro atoms. The van der Waals surface area contributed by atoms with E-state index in [2.05, 4.69) is 5.32 Å². The van der Waals surface area contributed by atoms with Crippen LogP contribution in [0.25, 0.3) is 0 Å². The second kappa shape index (κ2) is 7.28. The average molecular weight is 289 g/mol. The van der Waals surface area contributed by atoms with Crippen LogP contribution in [0.3, 0.4) is 0 Å². The molecule has 4 nitrogen and oxygen atoms in total. The maximum Gasteiger partial charge on any atom is 0.227 e. The van der Waals surface area contributed by atoms with Gasteiger partial charge in [-0.05, 0) is 24.3 Å². The molecule has 21 heavy (non-hydrogen) atoms. The molecule has 0 aliphatic carbocycles. The number of benzene rings is 2. The Morgan fingerprint density at radius 2 is 1.95 bits per heavy atom. The highest BCUT2D eigenvalue weighted by Gasteiger charge is 2.07. The summed E-state index contributed by atoms with van der Waals surface area (Å²) < 4.78 is 23.7. The van der Waals surface area contributed by atoms with Crippen molar-refractivity contribution in [3.8, 4) is 11.5 Å². The van der Waals surface area contributed by atoms with Crippen molar-refractivity contribution in [3.05, 3.63) is 54.3 Å². The molecular formula is C16H16FNO3. The van der Waals surface area contributed by atoms with Gasteiger partial charge in [-0.15, -0.1) is 0 Å². The SMILES string of the molecule is COc1ccc(NC(=O)CCOc2ccccc2)cc1F. The fourth-order valence-corrected chi connectivity index (χ4v) is 1.75. The van der Waals surface area contributed by atoms with Gasteiger partial charge in [-0.1, -0.05) is 18.2 Å². The Morgan fingerprint density at radius 1 is 1.19 bits per heavy atom. The van der Waals surface area contributed by atoms with E-state index < -0.39 is 5.82 Å². The average Bonchev–Trinajstić information content (AvgIpc) is 2.48. The summed E-state index contributed by atoms with van der Waals surface area (Å²) >= 11 is 0. The highest BCUT2D eigenvalue weighted by atomic mass is 19.1. The quantitative estimate of drug-likeness (QED) is 0.888. The number of carbonyl (C=O) groups is 1. The highest BCUT2D eigenvalue weighted by molar-refractivity contribution is 5.90. The summed E-state index contributed by atoms with van der Waals surface area (Å²) in [5.74, 6) is 0.0903. The van der Waals surface area contributed by atoms with Crippen LogP contribution in [0.4, 0.5) is 10.1 Å².